The number of allylic oxidation sites excluding steroid dienone is 2. The normalized spacial score (nSPS) is 29.8. The van der Waals surface area contributed by atoms with Crippen molar-refractivity contribution in [2.75, 3.05) is 20.1 Å². The Kier molecular flexibility index (Phi) is 3.69. The summed E-state index contributed by atoms with van der Waals surface area (Å²) in [7, 11) is 2.24. The van der Waals surface area contributed by atoms with Crippen molar-refractivity contribution in [1.82, 2.24) is 0 Å². The van der Waals surface area contributed by atoms with Crippen LogP contribution in [0.1, 0.15) is 6.92 Å². The van der Waals surface area contributed by atoms with Gasteiger partial charge in [-0.25, -0.2) is 0 Å². The van der Waals surface area contributed by atoms with Crippen molar-refractivity contribution in [3.63, 3.8) is 0 Å². The Morgan fingerprint density at radius 3 is 2.40 bits per heavy atom. The summed E-state index contributed by atoms with van der Waals surface area (Å²) < 4.78 is 1.05. The summed E-state index contributed by atoms with van der Waals surface area (Å²) in [5.74, 6) is 0. The standard InChI is InChI=1S/C8H14N.ClH/c1-3-9(2)7-5-4-6-8-9;/h4-7H,3,8H2,1-2H3;1H/q+1;/p-1. The van der Waals surface area contributed by atoms with E-state index < -0.39 is 0 Å². The summed E-state index contributed by atoms with van der Waals surface area (Å²) in [6.45, 7) is 4.54. The van der Waals surface area contributed by atoms with Crippen molar-refractivity contribution in [3.05, 3.63) is 24.4 Å². The molecule has 0 spiro atoms. The van der Waals surface area contributed by atoms with Gasteiger partial charge in [-0.2, -0.15) is 0 Å². The van der Waals surface area contributed by atoms with Crippen molar-refractivity contribution < 1.29 is 16.9 Å². The van der Waals surface area contributed by atoms with Crippen LogP contribution in [0.2, 0.25) is 0 Å². The van der Waals surface area contributed by atoms with E-state index in [1.165, 1.54) is 6.54 Å². The van der Waals surface area contributed by atoms with E-state index in [1.807, 2.05) is 0 Å². The van der Waals surface area contributed by atoms with Gasteiger partial charge < -0.3 is 12.4 Å². The highest BCUT2D eigenvalue weighted by atomic mass is 35.5. The topological polar surface area (TPSA) is 0 Å². The van der Waals surface area contributed by atoms with Crippen LogP contribution < -0.4 is 12.4 Å². The number of halogens is 1. The van der Waals surface area contributed by atoms with Gasteiger partial charge in [0.2, 0.25) is 0 Å². The lowest BCUT2D eigenvalue weighted by molar-refractivity contribution is -0.852. The van der Waals surface area contributed by atoms with Crippen LogP contribution in [0.25, 0.3) is 0 Å². The van der Waals surface area contributed by atoms with Crippen molar-refractivity contribution >= 4 is 0 Å². The van der Waals surface area contributed by atoms with Gasteiger partial charge in [-0.1, -0.05) is 6.08 Å². The molecule has 0 aromatic carbocycles. The maximum atomic E-state index is 2.24. The highest BCUT2D eigenvalue weighted by molar-refractivity contribution is 5.03. The fourth-order valence-electron chi connectivity index (χ4n) is 0.933. The van der Waals surface area contributed by atoms with E-state index in [4.69, 9.17) is 0 Å². The first-order valence-electron chi connectivity index (χ1n) is 3.45. The van der Waals surface area contributed by atoms with Crippen LogP contribution in [0, 0.1) is 0 Å². The van der Waals surface area contributed by atoms with Gasteiger partial charge in [0.25, 0.3) is 0 Å². The van der Waals surface area contributed by atoms with Crippen LogP contribution in [-0.2, 0) is 0 Å². The Morgan fingerprint density at radius 1 is 1.40 bits per heavy atom. The molecule has 58 valence electrons. The van der Waals surface area contributed by atoms with E-state index in [9.17, 15) is 0 Å². The number of hydrogen-bond donors (Lipinski definition) is 0. The Labute approximate surface area is 69.0 Å². The SMILES string of the molecule is CC[N+]1(C)C=CC=CC1.[Cl-]. The molecule has 0 radical (unpaired) electrons. The van der Waals surface area contributed by atoms with Gasteiger partial charge in [0, 0.05) is 0 Å². The van der Waals surface area contributed by atoms with Crippen LogP contribution >= 0.6 is 0 Å². The number of quaternary nitrogens is 1. The minimum atomic E-state index is 0. The van der Waals surface area contributed by atoms with Crippen molar-refractivity contribution in [2.45, 2.75) is 6.92 Å². The summed E-state index contributed by atoms with van der Waals surface area (Å²) in [5.41, 5.74) is 0. The van der Waals surface area contributed by atoms with E-state index in [1.54, 1.807) is 0 Å². The molecule has 0 saturated heterocycles. The molecule has 0 N–H and O–H groups in total. The summed E-state index contributed by atoms with van der Waals surface area (Å²) in [5, 5.41) is 0. The molecule has 0 amide bonds. The first-order chi connectivity index (χ1) is 4.27. The number of likely N-dealkylation sites (N-methyl/N-ethyl adjacent to an activating group) is 1. The molecule has 10 heavy (non-hydrogen) atoms. The molecule has 0 aliphatic carbocycles. The molecule has 2 heteroatoms. The van der Waals surface area contributed by atoms with E-state index in [-0.39, 0.29) is 12.4 Å². The molecule has 1 heterocycles. The Morgan fingerprint density at radius 2 is 2.10 bits per heavy atom. The molecule has 0 aromatic rings. The minimum Gasteiger partial charge on any atom is -1.00 e. The highest BCUT2D eigenvalue weighted by Crippen LogP contribution is 2.07. The third-order valence-corrected chi connectivity index (χ3v) is 1.94. The van der Waals surface area contributed by atoms with Crippen LogP contribution in [-0.4, -0.2) is 24.6 Å². The lowest BCUT2D eigenvalue weighted by Crippen LogP contribution is -3.00. The van der Waals surface area contributed by atoms with Gasteiger partial charge in [-0.3, -0.25) is 4.48 Å². The van der Waals surface area contributed by atoms with Crippen LogP contribution in [0.5, 0.6) is 0 Å². The van der Waals surface area contributed by atoms with Crippen molar-refractivity contribution in [1.29, 1.82) is 0 Å². The average Bonchev–Trinajstić information content (AvgIpc) is 1.90. The van der Waals surface area contributed by atoms with Gasteiger partial charge in [-0.15, -0.1) is 0 Å². The van der Waals surface area contributed by atoms with E-state index in [0.29, 0.717) is 0 Å². The maximum Gasteiger partial charge on any atom is 0.102 e. The molecular weight excluding hydrogens is 146 g/mol. The third-order valence-electron chi connectivity index (χ3n) is 1.94. The second-order valence-corrected chi connectivity index (χ2v) is 2.75. The lowest BCUT2D eigenvalue weighted by Gasteiger charge is -2.28. The number of hydrogen-bond acceptors (Lipinski definition) is 0. The molecular formula is C8H14ClN. The van der Waals surface area contributed by atoms with Crippen LogP contribution in [0.4, 0.5) is 0 Å². The Hall–Kier alpha value is -0.270. The summed E-state index contributed by atoms with van der Waals surface area (Å²) in [6.07, 6.45) is 8.67. The Bertz CT molecular complexity index is 151. The molecule has 0 saturated carbocycles. The first kappa shape index (κ1) is 9.73. The predicted molar refractivity (Wildman–Crippen MR) is 39.9 cm³/mol. The lowest BCUT2D eigenvalue weighted by atomic mass is 10.3. The molecule has 1 atom stereocenters. The molecule has 1 nitrogen and oxygen atoms in total. The summed E-state index contributed by atoms with van der Waals surface area (Å²) in [4.78, 5) is 0. The third kappa shape index (κ3) is 2.16. The van der Waals surface area contributed by atoms with Gasteiger partial charge in [0.15, 0.2) is 0 Å². The highest BCUT2D eigenvalue weighted by Gasteiger charge is 2.13. The zero-order valence-corrected chi connectivity index (χ0v) is 7.30. The molecule has 0 fully saturated rings. The molecule has 0 bridgehead atoms. The first-order valence-corrected chi connectivity index (χ1v) is 3.45. The maximum absolute atomic E-state index is 2.24. The second kappa shape index (κ2) is 3.79. The van der Waals surface area contributed by atoms with E-state index in [0.717, 1.165) is 11.0 Å². The minimum absolute atomic E-state index is 0. The molecule has 1 rings (SSSR count). The van der Waals surface area contributed by atoms with Gasteiger partial charge in [0.05, 0.1) is 19.8 Å². The van der Waals surface area contributed by atoms with Gasteiger partial charge in [-0.05, 0) is 19.1 Å². The van der Waals surface area contributed by atoms with Crippen molar-refractivity contribution in [3.8, 4) is 0 Å². The largest absolute Gasteiger partial charge is 1.00 e. The quantitative estimate of drug-likeness (QED) is 0.411. The smallest absolute Gasteiger partial charge is 0.102 e. The predicted octanol–water partition coefficient (Wildman–Crippen LogP) is -1.46. The second-order valence-electron chi connectivity index (χ2n) is 2.75. The average molecular weight is 160 g/mol. The zero-order chi connectivity index (χ0) is 6.74. The molecule has 1 aliphatic rings. The van der Waals surface area contributed by atoms with E-state index in [2.05, 4.69) is 38.4 Å². The zero-order valence-electron chi connectivity index (χ0n) is 6.55. The van der Waals surface area contributed by atoms with Crippen LogP contribution in [0.15, 0.2) is 24.4 Å². The number of rotatable bonds is 1. The fourth-order valence-corrected chi connectivity index (χ4v) is 0.933. The molecule has 1 aliphatic heterocycles. The molecule has 1 unspecified atom stereocenters. The van der Waals surface area contributed by atoms with Crippen molar-refractivity contribution in [2.24, 2.45) is 0 Å². The van der Waals surface area contributed by atoms with E-state index >= 15 is 0 Å². The van der Waals surface area contributed by atoms with Crippen LogP contribution in [0.3, 0.4) is 0 Å². The Balaban J connectivity index is 0.000000810. The summed E-state index contributed by atoms with van der Waals surface area (Å²) in [6, 6.07) is 0. The monoisotopic (exact) mass is 159 g/mol. The van der Waals surface area contributed by atoms with Gasteiger partial charge in [0.1, 0.15) is 6.54 Å². The fraction of sp³-hybridized carbons (Fsp3) is 0.500. The summed E-state index contributed by atoms with van der Waals surface area (Å²) >= 11 is 0. The molecule has 0 aromatic heterocycles. The number of nitrogens with zero attached hydrogens (tertiary/aromatic N) is 1. The van der Waals surface area contributed by atoms with Gasteiger partial charge >= 0.3 is 0 Å².